The van der Waals surface area contributed by atoms with Crippen molar-refractivity contribution in [3.8, 4) is 0 Å². The molecule has 1 rings (SSSR count). The van der Waals surface area contributed by atoms with E-state index >= 15 is 0 Å². The molecule has 0 atom stereocenters. The van der Waals surface area contributed by atoms with Crippen molar-refractivity contribution in [2.75, 3.05) is 20.3 Å². The van der Waals surface area contributed by atoms with Crippen LogP contribution in [0.5, 0.6) is 0 Å². The fourth-order valence-corrected chi connectivity index (χ4v) is 1.71. The summed E-state index contributed by atoms with van der Waals surface area (Å²) in [5.74, 6) is -8.38. The Morgan fingerprint density at radius 2 is 1.52 bits per heavy atom. The molecule has 0 fully saturated rings. The van der Waals surface area contributed by atoms with Crippen LogP contribution in [0.3, 0.4) is 0 Å². The summed E-state index contributed by atoms with van der Waals surface area (Å²) < 4.78 is 102. The first-order valence-electron chi connectivity index (χ1n) is 8.32. The van der Waals surface area contributed by atoms with E-state index < -0.39 is 44.0 Å². The number of halogens is 8. The SMILES string of the molecule is COCC(F)(F)C(F)F.O=CNCc1cccc(CNC(=O)OCC(F)(F)C(F)F)c1. The summed E-state index contributed by atoms with van der Waals surface area (Å²) >= 11 is 0. The van der Waals surface area contributed by atoms with Gasteiger partial charge in [0.15, 0.2) is 6.61 Å². The second kappa shape index (κ2) is 13.6. The molecule has 6 nitrogen and oxygen atoms in total. The quantitative estimate of drug-likeness (QED) is 0.385. The highest BCUT2D eigenvalue weighted by molar-refractivity contribution is 5.67. The minimum Gasteiger partial charge on any atom is -0.443 e. The van der Waals surface area contributed by atoms with E-state index in [1.54, 1.807) is 24.3 Å². The smallest absolute Gasteiger partial charge is 0.407 e. The third-order valence-corrected chi connectivity index (χ3v) is 3.19. The normalized spacial score (nSPS) is 11.6. The van der Waals surface area contributed by atoms with E-state index in [-0.39, 0.29) is 6.54 Å². The molecule has 178 valence electrons. The van der Waals surface area contributed by atoms with Gasteiger partial charge in [-0.3, -0.25) is 4.79 Å². The van der Waals surface area contributed by atoms with Crippen molar-refractivity contribution >= 4 is 12.5 Å². The average Bonchev–Trinajstić information content (AvgIpc) is 2.69. The Labute approximate surface area is 171 Å². The lowest BCUT2D eigenvalue weighted by atomic mass is 10.1. The summed E-state index contributed by atoms with van der Waals surface area (Å²) in [6.45, 7) is -2.67. The van der Waals surface area contributed by atoms with Crippen molar-refractivity contribution in [1.29, 1.82) is 0 Å². The molecule has 0 spiro atoms. The van der Waals surface area contributed by atoms with Crippen LogP contribution in [0.2, 0.25) is 0 Å². The minimum absolute atomic E-state index is 0.0337. The highest BCUT2D eigenvalue weighted by Crippen LogP contribution is 2.23. The number of rotatable bonds is 11. The van der Waals surface area contributed by atoms with Gasteiger partial charge in [-0.05, 0) is 11.1 Å². The predicted molar refractivity (Wildman–Crippen MR) is 91.3 cm³/mol. The number of benzene rings is 1. The van der Waals surface area contributed by atoms with Crippen LogP contribution >= 0.6 is 0 Å². The lowest BCUT2D eigenvalue weighted by Crippen LogP contribution is -2.36. The Kier molecular flexibility index (Phi) is 12.5. The molecule has 1 aromatic rings. The Bertz CT molecular complexity index is 677. The minimum atomic E-state index is -4.38. The fourth-order valence-electron chi connectivity index (χ4n) is 1.71. The van der Waals surface area contributed by atoms with Crippen LogP contribution in [0.25, 0.3) is 0 Å². The van der Waals surface area contributed by atoms with Crippen molar-refractivity contribution < 1.29 is 54.2 Å². The van der Waals surface area contributed by atoms with Gasteiger partial charge in [-0.25, -0.2) is 22.4 Å². The summed E-state index contributed by atoms with van der Waals surface area (Å²) in [6, 6.07) is 6.74. The summed E-state index contributed by atoms with van der Waals surface area (Å²) in [5, 5.41) is 4.62. The molecule has 0 aliphatic heterocycles. The summed E-state index contributed by atoms with van der Waals surface area (Å²) in [7, 11) is 0.941. The Morgan fingerprint density at radius 1 is 1.00 bits per heavy atom. The number of carbonyl (C=O) groups excluding carboxylic acids is 2. The van der Waals surface area contributed by atoms with Gasteiger partial charge in [0.1, 0.15) is 6.61 Å². The van der Waals surface area contributed by atoms with Crippen LogP contribution in [0.1, 0.15) is 11.1 Å². The molecule has 0 unspecified atom stereocenters. The zero-order chi connectivity index (χ0) is 24.1. The first kappa shape index (κ1) is 28.4. The molecule has 0 saturated carbocycles. The van der Waals surface area contributed by atoms with Crippen LogP contribution < -0.4 is 10.6 Å². The van der Waals surface area contributed by atoms with Gasteiger partial charge in [0.2, 0.25) is 6.41 Å². The number of methoxy groups -OCH3 is 1. The number of hydrogen-bond acceptors (Lipinski definition) is 4. The molecule has 31 heavy (non-hydrogen) atoms. The van der Waals surface area contributed by atoms with Crippen molar-refractivity contribution in [3.05, 3.63) is 35.4 Å². The van der Waals surface area contributed by atoms with Crippen molar-refractivity contribution in [2.45, 2.75) is 37.8 Å². The van der Waals surface area contributed by atoms with Gasteiger partial charge < -0.3 is 20.1 Å². The number of ether oxygens (including phenoxy) is 2. The van der Waals surface area contributed by atoms with Crippen molar-refractivity contribution in [1.82, 2.24) is 10.6 Å². The van der Waals surface area contributed by atoms with Gasteiger partial charge in [0.25, 0.3) is 0 Å². The number of nitrogens with one attached hydrogen (secondary N) is 2. The second-order valence-electron chi connectivity index (χ2n) is 5.80. The number of alkyl carbamates (subject to hydrolysis) is 1. The van der Waals surface area contributed by atoms with Gasteiger partial charge in [0, 0.05) is 20.2 Å². The molecule has 0 aliphatic rings. The largest absolute Gasteiger partial charge is 0.443 e. The van der Waals surface area contributed by atoms with Gasteiger partial charge in [-0.15, -0.1) is 0 Å². The standard InChI is InChI=1S/C13H14F4N2O3.C4H6F4O/c14-11(15)13(16,17)7-22-12(21)19-6-10-3-1-2-9(4-10)5-18-8-20;1-9-2-4(7,8)3(5)6/h1-4,8,11H,5-7H2,(H,18,20)(H,19,21);3H,2H2,1H3. The maximum absolute atomic E-state index is 12.6. The van der Waals surface area contributed by atoms with E-state index in [1.165, 1.54) is 0 Å². The second-order valence-corrected chi connectivity index (χ2v) is 5.80. The van der Waals surface area contributed by atoms with Gasteiger partial charge in [0.05, 0.1) is 0 Å². The van der Waals surface area contributed by atoms with Crippen LogP contribution in [-0.2, 0) is 27.4 Å². The molecule has 2 amide bonds. The molecule has 0 heterocycles. The molecular formula is C17H20F8N2O4. The molecule has 0 aliphatic carbocycles. The van der Waals surface area contributed by atoms with Crippen LogP contribution in [0, 0.1) is 0 Å². The molecule has 2 N–H and O–H groups in total. The first-order chi connectivity index (χ1) is 14.4. The monoisotopic (exact) mass is 468 g/mol. The molecule has 0 saturated heterocycles. The maximum Gasteiger partial charge on any atom is 0.407 e. The van der Waals surface area contributed by atoms with E-state index in [0.29, 0.717) is 18.5 Å². The van der Waals surface area contributed by atoms with Gasteiger partial charge >= 0.3 is 30.8 Å². The molecule has 14 heteroatoms. The number of amides is 2. The summed E-state index contributed by atoms with van der Waals surface area (Å²) in [4.78, 5) is 21.4. The topological polar surface area (TPSA) is 76.7 Å². The maximum atomic E-state index is 12.6. The van der Waals surface area contributed by atoms with E-state index in [2.05, 4.69) is 20.1 Å². The van der Waals surface area contributed by atoms with E-state index in [4.69, 9.17) is 0 Å². The molecule has 0 aromatic heterocycles. The Balaban J connectivity index is 0.000000842. The average molecular weight is 468 g/mol. The molecule has 0 radical (unpaired) electrons. The zero-order valence-electron chi connectivity index (χ0n) is 16.0. The van der Waals surface area contributed by atoms with Crippen molar-refractivity contribution in [2.24, 2.45) is 0 Å². The first-order valence-corrected chi connectivity index (χ1v) is 8.32. The van der Waals surface area contributed by atoms with Gasteiger partial charge in [-0.1, -0.05) is 24.3 Å². The summed E-state index contributed by atoms with van der Waals surface area (Å²) in [6.07, 6.45) is -8.23. The highest BCUT2D eigenvalue weighted by atomic mass is 19.3. The highest BCUT2D eigenvalue weighted by Gasteiger charge is 2.42. The van der Waals surface area contributed by atoms with Crippen LogP contribution in [-0.4, -0.2) is 57.5 Å². The van der Waals surface area contributed by atoms with E-state index in [0.717, 1.165) is 12.7 Å². The molecule has 0 bridgehead atoms. The van der Waals surface area contributed by atoms with Crippen LogP contribution in [0.4, 0.5) is 39.9 Å². The molecular weight excluding hydrogens is 448 g/mol. The third kappa shape index (κ3) is 12.0. The molecule has 1 aromatic carbocycles. The van der Waals surface area contributed by atoms with E-state index in [1.807, 2.05) is 0 Å². The lowest BCUT2D eigenvalue weighted by molar-refractivity contribution is -0.159. The van der Waals surface area contributed by atoms with Gasteiger partial charge in [-0.2, -0.15) is 17.6 Å². The zero-order valence-corrected chi connectivity index (χ0v) is 16.0. The number of hydrogen-bond donors (Lipinski definition) is 2. The summed E-state index contributed by atoms with van der Waals surface area (Å²) in [5.41, 5.74) is 1.40. The number of carbonyl (C=O) groups is 2. The fraction of sp³-hybridized carbons (Fsp3) is 0.529. The Morgan fingerprint density at radius 3 is 1.97 bits per heavy atom. The van der Waals surface area contributed by atoms with Crippen molar-refractivity contribution in [3.63, 3.8) is 0 Å². The third-order valence-electron chi connectivity index (χ3n) is 3.19. The predicted octanol–water partition coefficient (Wildman–Crippen LogP) is 3.59. The Hall–Kier alpha value is -2.64. The van der Waals surface area contributed by atoms with E-state index in [9.17, 15) is 44.7 Å². The number of alkyl halides is 8. The van der Waals surface area contributed by atoms with Crippen LogP contribution in [0.15, 0.2) is 24.3 Å². The lowest BCUT2D eigenvalue weighted by Gasteiger charge is -2.15.